The van der Waals surface area contributed by atoms with Crippen LogP contribution in [0.4, 0.5) is 0 Å². The van der Waals surface area contributed by atoms with E-state index in [1.807, 2.05) is 0 Å². The lowest BCUT2D eigenvalue weighted by atomic mass is 9.83. The maximum Gasteiger partial charge on any atom is 0.335 e. The van der Waals surface area contributed by atoms with E-state index >= 15 is 0 Å². The van der Waals surface area contributed by atoms with E-state index in [0.29, 0.717) is 0 Å². The first kappa shape index (κ1) is 43.7. The van der Waals surface area contributed by atoms with E-state index in [4.69, 9.17) is 72.3 Å². The molecule has 4 aliphatic heterocycles. The lowest BCUT2D eigenvalue weighted by Crippen LogP contribution is -2.69. The van der Waals surface area contributed by atoms with Crippen molar-refractivity contribution in [3.8, 4) is 0 Å². The average molecular weight is 791 g/mol. The highest BCUT2D eigenvalue weighted by molar-refractivity contribution is 5.73. The first-order valence-electron chi connectivity index (χ1n) is 17.4. The number of aliphatic carboxylic acids is 1. The normalized spacial score (nSPS) is 53.0. The van der Waals surface area contributed by atoms with E-state index in [0.717, 1.165) is 0 Å². The smallest absolute Gasteiger partial charge is 0.335 e. The first-order valence-corrected chi connectivity index (χ1v) is 17.4. The van der Waals surface area contributed by atoms with Gasteiger partial charge in [0.05, 0.1) is 18.7 Å². The number of carboxylic acid groups (broad SMARTS) is 1. The highest BCUT2D eigenvalue weighted by Crippen LogP contribution is 2.36. The molecule has 25 nitrogen and oxygen atoms in total. The zero-order chi connectivity index (χ0) is 39.9. The molecule has 24 atom stereocenters. The van der Waals surface area contributed by atoms with Gasteiger partial charge in [-0.25, -0.2) is 4.79 Å². The number of rotatable bonds is 12. The van der Waals surface area contributed by atoms with Crippen LogP contribution in [-0.2, 0) is 42.7 Å². The third-order valence-electron chi connectivity index (χ3n) is 10.4. The molecular formula is C29H54N6O19. The van der Waals surface area contributed by atoms with Gasteiger partial charge in [-0.05, 0) is 6.42 Å². The van der Waals surface area contributed by atoms with Crippen LogP contribution in [0, 0.1) is 0 Å². The molecule has 0 aromatic rings. The molecule has 5 aliphatic rings. The van der Waals surface area contributed by atoms with Crippen molar-refractivity contribution in [2.24, 2.45) is 34.4 Å². The Labute approximate surface area is 307 Å². The zero-order valence-corrected chi connectivity index (χ0v) is 28.8. The second-order valence-electron chi connectivity index (χ2n) is 14.1. The topological polar surface area (TPSA) is 449 Å². The molecule has 1 aliphatic carbocycles. The van der Waals surface area contributed by atoms with Gasteiger partial charge in [-0.1, -0.05) is 0 Å². The number of ether oxygens (including phenoxy) is 8. The van der Waals surface area contributed by atoms with Crippen LogP contribution >= 0.6 is 0 Å². The molecule has 4 heterocycles. The van der Waals surface area contributed by atoms with Crippen LogP contribution in [0.25, 0.3) is 0 Å². The maximum absolute atomic E-state index is 11.8. The van der Waals surface area contributed by atoms with Crippen LogP contribution in [0.1, 0.15) is 6.42 Å². The van der Waals surface area contributed by atoms with Crippen LogP contribution < -0.4 is 34.4 Å². The summed E-state index contributed by atoms with van der Waals surface area (Å²) in [6.07, 6.45) is -32.6. The molecular weight excluding hydrogens is 736 g/mol. The summed E-state index contributed by atoms with van der Waals surface area (Å²) in [5, 5.41) is 104. The summed E-state index contributed by atoms with van der Waals surface area (Å²) in [6, 6.07) is -4.97. The SMILES string of the molecule is NC[C@@H]1O[C@H](O[C@H]2[C@@H](O)[C@H](O[C@@H]3[C@@H](OC4OC(C(=O)O)C(O)C(O)C4O)[C@H](N)C[C@H](N)[C@H]3O[C@H]3O[C@H](CN)[C@@H](O)[C@H](O)[C@H]3N)O[C@@H]2CO)[C@H](N)[C@@H](O)[C@@H]1O. The van der Waals surface area contributed by atoms with Gasteiger partial charge in [0.15, 0.2) is 31.3 Å². The Morgan fingerprint density at radius 2 is 0.944 bits per heavy atom. The van der Waals surface area contributed by atoms with E-state index in [-0.39, 0.29) is 19.5 Å². The van der Waals surface area contributed by atoms with E-state index in [9.17, 15) is 55.9 Å². The van der Waals surface area contributed by atoms with Crippen molar-refractivity contribution >= 4 is 5.97 Å². The molecule has 0 spiro atoms. The number of aliphatic hydroxyl groups excluding tert-OH is 9. The van der Waals surface area contributed by atoms with Crippen molar-refractivity contribution in [2.75, 3.05) is 19.7 Å². The third-order valence-corrected chi connectivity index (χ3v) is 10.4. The minimum atomic E-state index is -2.07. The molecule has 0 bridgehead atoms. The van der Waals surface area contributed by atoms with Crippen molar-refractivity contribution in [3.63, 3.8) is 0 Å². The number of carboxylic acids is 1. The highest BCUT2D eigenvalue weighted by atomic mass is 16.8. The van der Waals surface area contributed by atoms with Gasteiger partial charge >= 0.3 is 5.97 Å². The Bertz CT molecular complexity index is 1230. The van der Waals surface area contributed by atoms with Gasteiger partial charge < -0.3 is 123 Å². The van der Waals surface area contributed by atoms with E-state index in [1.165, 1.54) is 0 Å². The number of hydrogen-bond donors (Lipinski definition) is 16. The minimum absolute atomic E-state index is 0.133. The Balaban J connectivity index is 1.44. The summed E-state index contributed by atoms with van der Waals surface area (Å²) >= 11 is 0. The van der Waals surface area contributed by atoms with Gasteiger partial charge in [0.1, 0.15) is 91.6 Å². The molecule has 22 N–H and O–H groups in total. The summed E-state index contributed by atoms with van der Waals surface area (Å²) in [5.41, 5.74) is 36.5. The summed E-state index contributed by atoms with van der Waals surface area (Å²) in [7, 11) is 0. The van der Waals surface area contributed by atoms with Crippen molar-refractivity contribution in [1.82, 2.24) is 0 Å². The van der Waals surface area contributed by atoms with E-state index in [2.05, 4.69) is 0 Å². The van der Waals surface area contributed by atoms with E-state index < -0.39 is 160 Å². The second-order valence-corrected chi connectivity index (χ2v) is 14.1. The third kappa shape index (κ3) is 8.54. The van der Waals surface area contributed by atoms with Crippen LogP contribution in [0.2, 0.25) is 0 Å². The Hall–Kier alpha value is -1.45. The van der Waals surface area contributed by atoms with E-state index in [1.54, 1.807) is 0 Å². The van der Waals surface area contributed by atoms with Gasteiger partial charge in [-0.15, -0.1) is 0 Å². The van der Waals surface area contributed by atoms with Crippen LogP contribution in [0.15, 0.2) is 0 Å². The number of aliphatic hydroxyl groups is 9. The van der Waals surface area contributed by atoms with Crippen LogP contribution in [0.3, 0.4) is 0 Å². The molecule has 314 valence electrons. The molecule has 0 aromatic heterocycles. The standard InChI is InChI=1S/C29H54N6O19/c30-2-7-12(37)14(39)10(34)26(47-7)50-20-5(32)1-6(33)21(51-28-18(43)16(41)17(42)23(53-28)25(45)46)24(20)54-29-19(44)22(9(4-36)49-29)52-27-11(35)15(40)13(38)8(3-31)48-27/h5-24,26-29,36-44H,1-4,30-35H2,(H,45,46)/t5-,6+,7+,8-,9+,10+,11+,12+,13+,14+,15+,16?,17?,18?,19+,20+,21-,22+,23?,24-,26+,27+,28?,29-/m0/s1. The minimum Gasteiger partial charge on any atom is -0.479 e. The fourth-order valence-corrected chi connectivity index (χ4v) is 7.22. The number of carbonyl (C=O) groups is 1. The molecule has 1 saturated carbocycles. The van der Waals surface area contributed by atoms with Gasteiger partial charge in [0.25, 0.3) is 0 Å². The highest BCUT2D eigenvalue weighted by Gasteiger charge is 2.57. The van der Waals surface area contributed by atoms with Crippen molar-refractivity contribution in [3.05, 3.63) is 0 Å². The summed E-state index contributed by atoms with van der Waals surface area (Å²) in [5.74, 6) is -1.70. The average Bonchev–Trinajstić information content (AvgIpc) is 3.43. The molecule has 25 heteroatoms. The van der Waals surface area contributed by atoms with Crippen molar-refractivity contribution in [1.29, 1.82) is 0 Å². The number of hydrogen-bond acceptors (Lipinski definition) is 24. The molecule has 5 fully saturated rings. The monoisotopic (exact) mass is 790 g/mol. The van der Waals surface area contributed by atoms with Gasteiger partial charge in [-0.2, -0.15) is 0 Å². The predicted molar refractivity (Wildman–Crippen MR) is 172 cm³/mol. The zero-order valence-electron chi connectivity index (χ0n) is 28.8. The predicted octanol–water partition coefficient (Wildman–Crippen LogP) is -11.0. The maximum atomic E-state index is 11.8. The second kappa shape index (κ2) is 18.0. The largest absolute Gasteiger partial charge is 0.479 e. The van der Waals surface area contributed by atoms with Crippen molar-refractivity contribution in [2.45, 2.75) is 153 Å². The van der Waals surface area contributed by atoms with Gasteiger partial charge in [0, 0.05) is 25.2 Å². The van der Waals surface area contributed by atoms with Crippen LogP contribution in [-0.4, -0.2) is 224 Å². The lowest BCUT2D eigenvalue weighted by molar-refractivity contribution is -0.341. The molecule has 54 heavy (non-hydrogen) atoms. The molecule has 5 rings (SSSR count). The van der Waals surface area contributed by atoms with Gasteiger partial charge in [-0.3, -0.25) is 0 Å². The summed E-state index contributed by atoms with van der Waals surface area (Å²) < 4.78 is 46.6. The molecule has 0 amide bonds. The summed E-state index contributed by atoms with van der Waals surface area (Å²) in [4.78, 5) is 11.8. The summed E-state index contributed by atoms with van der Waals surface area (Å²) in [6.45, 7) is -1.28. The fourth-order valence-electron chi connectivity index (χ4n) is 7.22. The molecule has 0 aromatic carbocycles. The van der Waals surface area contributed by atoms with Gasteiger partial charge in [0.2, 0.25) is 0 Å². The lowest BCUT2D eigenvalue weighted by Gasteiger charge is -2.49. The van der Waals surface area contributed by atoms with Crippen molar-refractivity contribution < 1.29 is 93.8 Å². The molecule has 4 saturated heterocycles. The Morgan fingerprint density at radius 3 is 1.41 bits per heavy atom. The first-order chi connectivity index (χ1) is 25.4. The van der Waals surface area contributed by atoms with Crippen LogP contribution in [0.5, 0.6) is 0 Å². The Morgan fingerprint density at radius 1 is 0.519 bits per heavy atom. The molecule has 0 radical (unpaired) electrons. The Kier molecular flexibility index (Phi) is 14.6. The quantitative estimate of drug-likeness (QED) is 0.0872. The fraction of sp³-hybridized carbons (Fsp3) is 0.966. The number of nitrogens with two attached hydrogens (primary N) is 6. The molecule has 5 unspecified atom stereocenters.